The van der Waals surface area contributed by atoms with E-state index < -0.39 is 0 Å². The highest BCUT2D eigenvalue weighted by atomic mass is 32.2. The number of nitrogens with zero attached hydrogens (tertiary/aromatic N) is 1. The average molecular weight is 294 g/mol. The van der Waals surface area contributed by atoms with Gasteiger partial charge in [0.1, 0.15) is 11.5 Å². The van der Waals surface area contributed by atoms with Crippen molar-refractivity contribution in [2.75, 3.05) is 12.3 Å². The van der Waals surface area contributed by atoms with Crippen LogP contribution in [0.4, 0.5) is 0 Å². The maximum absolute atomic E-state index is 5.90. The molecule has 0 spiro atoms. The number of aryl methyl sites for hydroxylation is 1. The summed E-state index contributed by atoms with van der Waals surface area (Å²) in [5, 5.41) is 4.25. The third kappa shape index (κ3) is 3.41. The van der Waals surface area contributed by atoms with E-state index in [0.29, 0.717) is 6.04 Å². The molecule has 20 heavy (non-hydrogen) atoms. The Labute approximate surface area is 126 Å². The van der Waals surface area contributed by atoms with Crippen molar-refractivity contribution >= 4 is 11.8 Å². The molecule has 0 bridgehead atoms. The molecule has 0 amide bonds. The molecule has 1 aromatic rings. The number of hydrogen-bond donors (Lipinski definition) is 1. The van der Waals surface area contributed by atoms with Crippen LogP contribution in [0.25, 0.3) is 0 Å². The Morgan fingerprint density at radius 2 is 2.20 bits per heavy atom. The first-order valence-corrected chi connectivity index (χ1v) is 8.85. The first-order valence-electron chi connectivity index (χ1n) is 7.80. The fourth-order valence-corrected chi connectivity index (χ4v) is 3.96. The summed E-state index contributed by atoms with van der Waals surface area (Å²) in [4.78, 5) is 2.59. The van der Waals surface area contributed by atoms with E-state index >= 15 is 0 Å². The molecule has 2 atom stereocenters. The second-order valence-electron chi connectivity index (χ2n) is 6.24. The van der Waals surface area contributed by atoms with Crippen LogP contribution in [0.3, 0.4) is 0 Å². The lowest BCUT2D eigenvalue weighted by Gasteiger charge is -2.37. The molecule has 1 saturated heterocycles. The van der Waals surface area contributed by atoms with Gasteiger partial charge in [-0.2, -0.15) is 11.8 Å². The van der Waals surface area contributed by atoms with Gasteiger partial charge in [-0.05, 0) is 32.8 Å². The Kier molecular flexibility index (Phi) is 4.43. The van der Waals surface area contributed by atoms with Crippen molar-refractivity contribution in [3.05, 3.63) is 23.2 Å². The Morgan fingerprint density at radius 3 is 2.95 bits per heavy atom. The maximum Gasteiger partial charge on any atom is 0.118 e. The second kappa shape index (κ2) is 6.12. The van der Waals surface area contributed by atoms with E-state index in [2.05, 4.69) is 48.8 Å². The molecule has 2 aliphatic rings. The van der Waals surface area contributed by atoms with E-state index in [0.717, 1.165) is 35.9 Å². The van der Waals surface area contributed by atoms with Gasteiger partial charge in [0, 0.05) is 41.7 Å². The summed E-state index contributed by atoms with van der Waals surface area (Å²) < 4.78 is 5.90. The van der Waals surface area contributed by atoms with Gasteiger partial charge in [0.2, 0.25) is 0 Å². The molecule has 2 unspecified atom stereocenters. The van der Waals surface area contributed by atoms with Crippen molar-refractivity contribution in [2.24, 2.45) is 0 Å². The quantitative estimate of drug-likeness (QED) is 0.903. The lowest BCUT2D eigenvalue weighted by atomic mass is 10.1. The molecule has 2 heterocycles. The highest BCUT2D eigenvalue weighted by Crippen LogP contribution is 2.27. The van der Waals surface area contributed by atoms with Gasteiger partial charge in [0.15, 0.2) is 0 Å². The van der Waals surface area contributed by atoms with E-state index in [9.17, 15) is 0 Å². The van der Waals surface area contributed by atoms with Crippen LogP contribution in [0.1, 0.15) is 43.8 Å². The SMILES string of the molecule is Cc1oc(CNC2CC2)cc1CN1CCSC(C)C1C. The van der Waals surface area contributed by atoms with Crippen LogP contribution in [0.2, 0.25) is 0 Å². The number of rotatable bonds is 5. The van der Waals surface area contributed by atoms with Gasteiger partial charge in [-0.15, -0.1) is 0 Å². The topological polar surface area (TPSA) is 28.4 Å². The van der Waals surface area contributed by atoms with Crippen molar-refractivity contribution in [1.29, 1.82) is 0 Å². The Hall–Kier alpha value is -0.450. The standard InChI is InChI=1S/C16H26N2OS/c1-11-13(3)20-7-6-18(11)10-14-8-16(19-12(14)2)9-17-15-4-5-15/h8,11,13,15,17H,4-7,9-10H2,1-3H3. The summed E-state index contributed by atoms with van der Waals surface area (Å²) in [5.41, 5.74) is 1.36. The van der Waals surface area contributed by atoms with Gasteiger partial charge in [-0.25, -0.2) is 0 Å². The molecular weight excluding hydrogens is 268 g/mol. The zero-order valence-corrected chi connectivity index (χ0v) is 13.6. The predicted octanol–water partition coefficient (Wildman–Crippen LogP) is 3.17. The third-order valence-electron chi connectivity index (χ3n) is 4.60. The minimum Gasteiger partial charge on any atom is -0.465 e. The van der Waals surface area contributed by atoms with E-state index in [1.165, 1.54) is 30.7 Å². The normalized spacial score (nSPS) is 27.9. The molecule has 1 N–H and O–H groups in total. The number of thioether (sulfide) groups is 1. The van der Waals surface area contributed by atoms with Gasteiger partial charge in [-0.3, -0.25) is 4.90 Å². The van der Waals surface area contributed by atoms with Crippen LogP contribution in [0, 0.1) is 6.92 Å². The molecule has 3 rings (SSSR count). The lowest BCUT2D eigenvalue weighted by Crippen LogP contribution is -2.43. The van der Waals surface area contributed by atoms with Crippen LogP contribution in [0.15, 0.2) is 10.5 Å². The van der Waals surface area contributed by atoms with E-state index in [-0.39, 0.29) is 0 Å². The van der Waals surface area contributed by atoms with Crippen LogP contribution in [0.5, 0.6) is 0 Å². The van der Waals surface area contributed by atoms with Gasteiger partial charge in [-0.1, -0.05) is 6.92 Å². The molecule has 3 nitrogen and oxygen atoms in total. The zero-order chi connectivity index (χ0) is 14.1. The third-order valence-corrected chi connectivity index (χ3v) is 5.94. The Balaban J connectivity index is 1.60. The first-order chi connectivity index (χ1) is 9.63. The minimum atomic E-state index is 0.649. The van der Waals surface area contributed by atoms with Crippen LogP contribution >= 0.6 is 11.8 Å². The molecule has 2 fully saturated rings. The fourth-order valence-electron chi connectivity index (χ4n) is 2.80. The average Bonchev–Trinajstić information content (AvgIpc) is 3.18. The zero-order valence-electron chi connectivity index (χ0n) is 12.8. The van der Waals surface area contributed by atoms with Crippen LogP contribution in [-0.2, 0) is 13.1 Å². The number of furan rings is 1. The maximum atomic E-state index is 5.90. The van der Waals surface area contributed by atoms with Crippen molar-refractivity contribution in [1.82, 2.24) is 10.2 Å². The molecule has 1 aliphatic carbocycles. The smallest absolute Gasteiger partial charge is 0.118 e. The minimum absolute atomic E-state index is 0.649. The molecule has 0 aromatic carbocycles. The van der Waals surface area contributed by atoms with E-state index in [1.807, 2.05) is 0 Å². The molecule has 0 radical (unpaired) electrons. The van der Waals surface area contributed by atoms with Gasteiger partial charge < -0.3 is 9.73 Å². The highest BCUT2D eigenvalue weighted by Gasteiger charge is 2.26. The van der Waals surface area contributed by atoms with E-state index in [1.54, 1.807) is 0 Å². The molecule has 1 aliphatic heterocycles. The monoisotopic (exact) mass is 294 g/mol. The van der Waals surface area contributed by atoms with Crippen molar-refractivity contribution in [3.8, 4) is 0 Å². The summed E-state index contributed by atoms with van der Waals surface area (Å²) in [6.45, 7) is 9.90. The summed E-state index contributed by atoms with van der Waals surface area (Å²) in [7, 11) is 0. The molecular formula is C16H26N2OS. The van der Waals surface area contributed by atoms with Gasteiger partial charge >= 0.3 is 0 Å². The molecule has 1 saturated carbocycles. The lowest BCUT2D eigenvalue weighted by molar-refractivity contribution is 0.203. The first kappa shape index (κ1) is 14.5. The molecule has 112 valence electrons. The molecule has 4 heteroatoms. The van der Waals surface area contributed by atoms with Crippen molar-refractivity contribution in [3.63, 3.8) is 0 Å². The number of nitrogens with one attached hydrogen (secondary N) is 1. The van der Waals surface area contributed by atoms with Crippen molar-refractivity contribution < 1.29 is 4.42 Å². The summed E-state index contributed by atoms with van der Waals surface area (Å²) >= 11 is 2.09. The summed E-state index contributed by atoms with van der Waals surface area (Å²) in [6.07, 6.45) is 2.65. The highest BCUT2D eigenvalue weighted by molar-refractivity contribution is 8.00. The van der Waals surface area contributed by atoms with Gasteiger partial charge in [0.05, 0.1) is 6.54 Å². The number of hydrogen-bond acceptors (Lipinski definition) is 4. The fraction of sp³-hybridized carbons (Fsp3) is 0.750. The molecule has 1 aromatic heterocycles. The summed E-state index contributed by atoms with van der Waals surface area (Å²) in [5.74, 6) is 3.44. The summed E-state index contributed by atoms with van der Waals surface area (Å²) in [6, 6.07) is 3.64. The van der Waals surface area contributed by atoms with Crippen LogP contribution in [-0.4, -0.2) is 34.5 Å². The van der Waals surface area contributed by atoms with E-state index in [4.69, 9.17) is 4.42 Å². The van der Waals surface area contributed by atoms with Crippen molar-refractivity contribution in [2.45, 2.75) is 64.0 Å². The second-order valence-corrected chi connectivity index (χ2v) is 7.72. The van der Waals surface area contributed by atoms with Crippen LogP contribution < -0.4 is 5.32 Å². The Bertz CT molecular complexity index is 455. The largest absolute Gasteiger partial charge is 0.465 e. The predicted molar refractivity (Wildman–Crippen MR) is 85.1 cm³/mol. The Morgan fingerprint density at radius 1 is 1.40 bits per heavy atom. The van der Waals surface area contributed by atoms with Gasteiger partial charge in [0.25, 0.3) is 0 Å².